The molecule has 1 N–H and O–H groups in total. The van der Waals surface area contributed by atoms with E-state index in [-0.39, 0.29) is 30.7 Å². The molecule has 1 aliphatic rings. The molecule has 0 bridgehead atoms. The molecule has 1 aliphatic heterocycles. The van der Waals surface area contributed by atoms with Crippen molar-refractivity contribution in [3.05, 3.63) is 59.9 Å². The van der Waals surface area contributed by atoms with Crippen molar-refractivity contribution in [2.75, 3.05) is 17.1 Å². The van der Waals surface area contributed by atoms with Gasteiger partial charge in [0.15, 0.2) is 6.10 Å². The normalized spacial score (nSPS) is 18.0. The number of ether oxygens (including phenoxy) is 1. The Labute approximate surface area is 158 Å². The molecular weight excluding hydrogens is 371 g/mol. The van der Waals surface area contributed by atoms with E-state index in [0.29, 0.717) is 11.4 Å². The van der Waals surface area contributed by atoms with Crippen molar-refractivity contribution in [1.82, 2.24) is 5.32 Å². The number of para-hydroxylation sites is 2. The number of sulfonamides is 1. The summed E-state index contributed by atoms with van der Waals surface area (Å²) in [6.45, 7) is 1.93. The van der Waals surface area contributed by atoms with Crippen LogP contribution in [0.5, 0.6) is 5.75 Å². The van der Waals surface area contributed by atoms with Crippen LogP contribution in [0.3, 0.4) is 0 Å². The lowest BCUT2D eigenvalue weighted by atomic mass is 10.1. The van der Waals surface area contributed by atoms with Gasteiger partial charge in [0.05, 0.1) is 18.0 Å². The van der Waals surface area contributed by atoms with Crippen LogP contribution in [0.2, 0.25) is 0 Å². The van der Waals surface area contributed by atoms with Crippen molar-refractivity contribution in [2.45, 2.75) is 25.5 Å². The van der Waals surface area contributed by atoms with E-state index in [9.17, 15) is 17.6 Å². The molecule has 1 heterocycles. The largest absolute Gasteiger partial charge is 0.478 e. The Morgan fingerprint density at radius 1 is 1.22 bits per heavy atom. The molecule has 0 saturated carbocycles. The molecular formula is C19H21FN2O4S. The first-order valence-corrected chi connectivity index (χ1v) is 10.4. The minimum Gasteiger partial charge on any atom is -0.478 e. The van der Waals surface area contributed by atoms with Crippen LogP contribution in [0.4, 0.5) is 10.1 Å². The number of hydrogen-bond donors (Lipinski definition) is 1. The first kappa shape index (κ1) is 19.2. The number of rotatable bonds is 4. The maximum atomic E-state index is 13.1. The zero-order valence-corrected chi connectivity index (χ0v) is 15.9. The third kappa shape index (κ3) is 4.39. The van der Waals surface area contributed by atoms with Crippen LogP contribution < -0.4 is 14.4 Å². The average Bonchev–Trinajstić information content (AvgIpc) is 2.81. The van der Waals surface area contributed by atoms with Gasteiger partial charge in [-0.25, -0.2) is 12.8 Å². The second-order valence-corrected chi connectivity index (χ2v) is 8.39. The van der Waals surface area contributed by atoms with Crippen molar-refractivity contribution < 1.29 is 22.3 Å². The molecule has 0 aliphatic carbocycles. The zero-order valence-electron chi connectivity index (χ0n) is 15.1. The molecule has 0 saturated heterocycles. The predicted molar refractivity (Wildman–Crippen MR) is 101 cm³/mol. The minimum absolute atomic E-state index is 0.138. The number of hydrogen-bond acceptors (Lipinski definition) is 4. The fourth-order valence-corrected chi connectivity index (χ4v) is 3.95. The fraction of sp³-hybridized carbons (Fsp3) is 0.316. The van der Waals surface area contributed by atoms with Gasteiger partial charge >= 0.3 is 0 Å². The summed E-state index contributed by atoms with van der Waals surface area (Å²) in [5, 5.41) is 2.84. The molecule has 2 atom stereocenters. The van der Waals surface area contributed by atoms with Crippen LogP contribution in [0.25, 0.3) is 0 Å². The first-order valence-electron chi connectivity index (χ1n) is 8.55. The predicted octanol–water partition coefficient (Wildman–Crippen LogP) is 2.62. The summed E-state index contributed by atoms with van der Waals surface area (Å²) < 4.78 is 44.3. The summed E-state index contributed by atoms with van der Waals surface area (Å²) in [4.78, 5) is 12.7. The number of nitrogens with zero attached hydrogens (tertiary/aromatic N) is 1. The van der Waals surface area contributed by atoms with E-state index in [1.54, 1.807) is 43.3 Å². The molecule has 27 heavy (non-hydrogen) atoms. The van der Waals surface area contributed by atoms with Gasteiger partial charge in [-0.3, -0.25) is 9.10 Å². The lowest BCUT2D eigenvalue weighted by Crippen LogP contribution is -2.40. The van der Waals surface area contributed by atoms with Crippen LogP contribution in [0, 0.1) is 5.82 Å². The van der Waals surface area contributed by atoms with Gasteiger partial charge in [-0.1, -0.05) is 24.3 Å². The fourth-order valence-electron chi connectivity index (χ4n) is 3.00. The van der Waals surface area contributed by atoms with Crippen molar-refractivity contribution in [1.29, 1.82) is 0 Å². The maximum absolute atomic E-state index is 13.1. The summed E-state index contributed by atoms with van der Waals surface area (Å²) in [6, 6.07) is 12.3. The van der Waals surface area contributed by atoms with Gasteiger partial charge < -0.3 is 10.1 Å². The summed E-state index contributed by atoms with van der Waals surface area (Å²) in [6.07, 6.45) is 0.505. The third-order valence-corrected chi connectivity index (χ3v) is 5.60. The molecule has 0 unspecified atom stereocenters. The molecule has 0 radical (unpaired) electrons. The van der Waals surface area contributed by atoms with Crippen LogP contribution in [-0.2, 0) is 14.8 Å². The Morgan fingerprint density at radius 3 is 2.56 bits per heavy atom. The molecule has 0 fully saturated rings. The molecule has 0 aromatic heterocycles. The van der Waals surface area contributed by atoms with E-state index in [1.165, 1.54) is 16.4 Å². The number of carbonyl (C=O) groups excluding carboxylic acids is 1. The van der Waals surface area contributed by atoms with E-state index >= 15 is 0 Å². The number of benzene rings is 2. The highest BCUT2D eigenvalue weighted by atomic mass is 32.2. The van der Waals surface area contributed by atoms with Crippen molar-refractivity contribution >= 4 is 21.6 Å². The molecule has 6 nitrogen and oxygen atoms in total. The van der Waals surface area contributed by atoms with E-state index < -0.39 is 16.1 Å². The topological polar surface area (TPSA) is 75.7 Å². The Balaban J connectivity index is 1.78. The number of amides is 1. The summed E-state index contributed by atoms with van der Waals surface area (Å²) in [5.74, 6) is -0.353. The SMILES string of the molecule is C[C@H](NC(=O)[C@@H]1CCN(S(C)(=O)=O)c2ccccc2O1)c1ccc(F)cc1. The minimum atomic E-state index is -3.50. The molecule has 0 spiro atoms. The molecule has 3 rings (SSSR count). The van der Waals surface area contributed by atoms with Gasteiger partial charge in [0.1, 0.15) is 11.6 Å². The van der Waals surface area contributed by atoms with Gasteiger partial charge in [0.25, 0.3) is 5.91 Å². The highest BCUT2D eigenvalue weighted by molar-refractivity contribution is 7.92. The highest BCUT2D eigenvalue weighted by Gasteiger charge is 2.31. The number of carbonyl (C=O) groups is 1. The number of halogens is 1. The lowest BCUT2D eigenvalue weighted by molar-refractivity contribution is -0.128. The smallest absolute Gasteiger partial charge is 0.261 e. The molecule has 1 amide bonds. The zero-order chi connectivity index (χ0) is 19.6. The van der Waals surface area contributed by atoms with Crippen LogP contribution in [-0.4, -0.2) is 33.2 Å². The molecule has 2 aromatic carbocycles. The van der Waals surface area contributed by atoms with E-state index in [0.717, 1.165) is 11.8 Å². The standard InChI is InChI=1S/C19H21FN2O4S/c1-13(14-7-9-15(20)10-8-14)21-19(23)18-11-12-22(27(2,24)25)16-5-3-4-6-17(16)26-18/h3-10,13,18H,11-12H2,1-2H3,(H,21,23)/t13-,18-/m0/s1. The quantitative estimate of drug-likeness (QED) is 0.868. The second kappa shape index (κ2) is 7.56. The van der Waals surface area contributed by atoms with Gasteiger partial charge in [-0.15, -0.1) is 0 Å². The van der Waals surface area contributed by atoms with Crippen molar-refractivity contribution in [2.24, 2.45) is 0 Å². The van der Waals surface area contributed by atoms with E-state index in [4.69, 9.17) is 4.74 Å². The number of nitrogens with one attached hydrogen (secondary N) is 1. The monoisotopic (exact) mass is 392 g/mol. The van der Waals surface area contributed by atoms with E-state index in [2.05, 4.69) is 5.32 Å². The maximum Gasteiger partial charge on any atom is 0.261 e. The summed E-state index contributed by atoms with van der Waals surface area (Å²) >= 11 is 0. The van der Waals surface area contributed by atoms with Crippen molar-refractivity contribution in [3.63, 3.8) is 0 Å². The van der Waals surface area contributed by atoms with Gasteiger partial charge in [0.2, 0.25) is 10.0 Å². The van der Waals surface area contributed by atoms with Crippen LogP contribution in [0.1, 0.15) is 24.9 Å². The Hall–Kier alpha value is -2.61. The first-order chi connectivity index (χ1) is 12.8. The Bertz CT molecular complexity index is 931. The number of fused-ring (bicyclic) bond motifs is 1. The number of anilines is 1. The molecule has 2 aromatic rings. The van der Waals surface area contributed by atoms with Gasteiger partial charge in [-0.2, -0.15) is 0 Å². The third-order valence-electron chi connectivity index (χ3n) is 4.42. The van der Waals surface area contributed by atoms with Crippen LogP contribution >= 0.6 is 0 Å². The van der Waals surface area contributed by atoms with E-state index in [1.807, 2.05) is 0 Å². The van der Waals surface area contributed by atoms with Gasteiger partial charge in [-0.05, 0) is 36.8 Å². The van der Waals surface area contributed by atoms with Crippen LogP contribution in [0.15, 0.2) is 48.5 Å². The molecule has 144 valence electrons. The van der Waals surface area contributed by atoms with Crippen molar-refractivity contribution in [3.8, 4) is 5.75 Å². The second-order valence-electron chi connectivity index (χ2n) is 6.48. The summed E-state index contributed by atoms with van der Waals surface area (Å²) in [5.41, 5.74) is 1.18. The highest BCUT2D eigenvalue weighted by Crippen LogP contribution is 2.33. The summed E-state index contributed by atoms with van der Waals surface area (Å²) in [7, 11) is -3.50. The lowest BCUT2D eigenvalue weighted by Gasteiger charge is -2.20. The Morgan fingerprint density at radius 2 is 1.89 bits per heavy atom. The Kier molecular flexibility index (Phi) is 5.36. The van der Waals surface area contributed by atoms with Gasteiger partial charge in [0, 0.05) is 13.0 Å². The average molecular weight is 392 g/mol. The molecule has 8 heteroatoms.